The molecule has 0 unspecified atom stereocenters. The average Bonchev–Trinajstić information content (AvgIpc) is 3.26. The highest BCUT2D eigenvalue weighted by Gasteiger charge is 2.42. The van der Waals surface area contributed by atoms with Gasteiger partial charge in [0.05, 0.1) is 36.1 Å². The third kappa shape index (κ3) is 4.76. The molecule has 2 aliphatic rings. The van der Waals surface area contributed by atoms with Crippen molar-refractivity contribution in [3.05, 3.63) is 52.9 Å². The van der Waals surface area contributed by atoms with Crippen LogP contribution in [0.1, 0.15) is 19.4 Å². The molecule has 0 atom stereocenters. The molecule has 10 heteroatoms. The maximum atomic E-state index is 13.5. The lowest BCUT2D eigenvalue weighted by atomic mass is 10.1. The molecule has 0 aromatic heterocycles. The Morgan fingerprint density at radius 1 is 1.06 bits per heavy atom. The van der Waals surface area contributed by atoms with Gasteiger partial charge in [-0.2, -0.15) is 0 Å². The van der Waals surface area contributed by atoms with E-state index in [0.717, 1.165) is 11.8 Å². The summed E-state index contributed by atoms with van der Waals surface area (Å²) in [7, 11) is 3.03. The average molecular weight is 512 g/mol. The number of nitrogens with zero attached hydrogens (tertiary/aromatic N) is 2. The largest absolute Gasteiger partial charge is 0.497 e. The van der Waals surface area contributed by atoms with Gasteiger partial charge >= 0.3 is 0 Å². The second-order valence-corrected chi connectivity index (χ2v) is 10.0. The summed E-state index contributed by atoms with van der Waals surface area (Å²) in [6.45, 7) is 4.24. The summed E-state index contributed by atoms with van der Waals surface area (Å²) in [5.41, 5.74) is 1.91. The zero-order valence-corrected chi connectivity index (χ0v) is 21.4. The van der Waals surface area contributed by atoms with Crippen LogP contribution in [-0.4, -0.2) is 54.3 Å². The number of carbonyl (C=O) groups is 3. The molecule has 2 aromatic rings. The van der Waals surface area contributed by atoms with E-state index in [1.165, 1.54) is 24.0 Å². The fourth-order valence-electron chi connectivity index (χ4n) is 3.96. The van der Waals surface area contributed by atoms with Crippen LogP contribution in [-0.2, 0) is 14.4 Å². The molecule has 35 heavy (non-hydrogen) atoms. The number of ether oxygens (including phenoxy) is 2. The molecule has 4 rings (SSSR count). The van der Waals surface area contributed by atoms with E-state index < -0.39 is 11.8 Å². The van der Waals surface area contributed by atoms with E-state index in [1.54, 1.807) is 42.5 Å². The van der Waals surface area contributed by atoms with Crippen molar-refractivity contribution in [1.82, 2.24) is 4.90 Å². The smallest absolute Gasteiger partial charge is 0.267 e. The number of anilines is 2. The third-order valence-electron chi connectivity index (χ3n) is 5.53. The molecule has 8 nitrogen and oxygen atoms in total. The van der Waals surface area contributed by atoms with E-state index >= 15 is 0 Å². The number of methoxy groups -OCH3 is 2. The first-order valence-electron chi connectivity index (χ1n) is 11.0. The Morgan fingerprint density at radius 3 is 2.49 bits per heavy atom. The Balaban J connectivity index is 1.62. The van der Waals surface area contributed by atoms with Gasteiger partial charge in [-0.15, -0.1) is 0 Å². The number of hydrogen-bond donors (Lipinski definition) is 1. The van der Waals surface area contributed by atoms with Crippen molar-refractivity contribution >= 4 is 63.0 Å². The third-order valence-corrected chi connectivity index (χ3v) is 6.98. The molecule has 0 saturated carbocycles. The van der Waals surface area contributed by atoms with Crippen LogP contribution in [0.5, 0.6) is 11.5 Å². The topological polar surface area (TPSA) is 88.2 Å². The Kier molecular flexibility index (Phi) is 7.13. The molecule has 2 aromatic carbocycles. The number of para-hydroxylation sites is 1. The fourth-order valence-corrected chi connectivity index (χ4v) is 5.31. The minimum absolute atomic E-state index is 0.226. The molecule has 1 fully saturated rings. The van der Waals surface area contributed by atoms with Crippen LogP contribution in [0.2, 0.25) is 0 Å². The molecule has 0 aliphatic carbocycles. The van der Waals surface area contributed by atoms with Gasteiger partial charge in [-0.1, -0.05) is 56.0 Å². The van der Waals surface area contributed by atoms with Gasteiger partial charge in [0.25, 0.3) is 11.8 Å². The van der Waals surface area contributed by atoms with Crippen molar-refractivity contribution in [2.45, 2.75) is 13.8 Å². The van der Waals surface area contributed by atoms with E-state index in [0.29, 0.717) is 44.2 Å². The molecule has 1 saturated heterocycles. The highest BCUT2D eigenvalue weighted by molar-refractivity contribution is 8.26. The zero-order valence-electron chi connectivity index (χ0n) is 19.8. The van der Waals surface area contributed by atoms with E-state index in [9.17, 15) is 14.4 Å². The summed E-state index contributed by atoms with van der Waals surface area (Å²) in [5, 5.41) is 2.79. The highest BCUT2D eigenvalue weighted by Crippen LogP contribution is 2.44. The second-order valence-electron chi connectivity index (χ2n) is 8.40. The number of hydrogen-bond acceptors (Lipinski definition) is 7. The summed E-state index contributed by atoms with van der Waals surface area (Å²) in [5.74, 6) is 0.145. The van der Waals surface area contributed by atoms with Gasteiger partial charge in [-0.25, -0.2) is 0 Å². The molecule has 182 valence electrons. The maximum absolute atomic E-state index is 13.5. The van der Waals surface area contributed by atoms with E-state index in [1.807, 2.05) is 13.8 Å². The molecular weight excluding hydrogens is 486 g/mol. The van der Waals surface area contributed by atoms with Gasteiger partial charge in [0.15, 0.2) is 0 Å². The van der Waals surface area contributed by atoms with Crippen LogP contribution < -0.4 is 19.7 Å². The van der Waals surface area contributed by atoms with Gasteiger partial charge in [0.2, 0.25) is 5.91 Å². The standard InChI is InChI=1S/C25H25N3O5S2/c1-14(2)12-28-24(31)22(35-25(28)34)21-16-7-5-6-8-18(16)27(23(21)30)13-20(29)26-17-10-9-15(32-3)11-19(17)33-4/h5-11,14H,12-13H2,1-4H3,(H,26,29). The molecule has 2 aliphatic heterocycles. The lowest BCUT2D eigenvalue weighted by molar-refractivity contribution is -0.122. The lowest BCUT2D eigenvalue weighted by Crippen LogP contribution is -2.36. The van der Waals surface area contributed by atoms with Gasteiger partial charge in [0, 0.05) is 18.2 Å². The fraction of sp³-hybridized carbons (Fsp3) is 0.280. The van der Waals surface area contributed by atoms with Gasteiger partial charge < -0.3 is 14.8 Å². The predicted octanol–water partition coefficient (Wildman–Crippen LogP) is 3.92. The number of carbonyl (C=O) groups excluding carboxylic acids is 3. The predicted molar refractivity (Wildman–Crippen MR) is 141 cm³/mol. The normalized spacial score (nSPS) is 17.3. The van der Waals surface area contributed by atoms with E-state index in [4.69, 9.17) is 21.7 Å². The quantitative estimate of drug-likeness (QED) is 0.445. The second kappa shape index (κ2) is 10.1. The van der Waals surface area contributed by atoms with Crippen molar-refractivity contribution in [2.24, 2.45) is 5.92 Å². The molecule has 0 bridgehead atoms. The Hall–Kier alpha value is -3.37. The number of fused-ring (bicyclic) bond motifs is 1. The van der Waals surface area contributed by atoms with Crippen molar-refractivity contribution in [2.75, 3.05) is 37.5 Å². The number of amides is 3. The van der Waals surface area contributed by atoms with Gasteiger partial charge in [-0.05, 0) is 24.1 Å². The summed E-state index contributed by atoms with van der Waals surface area (Å²) >= 11 is 6.56. The number of thiocarbonyl (C=S) groups is 1. The molecule has 3 amide bonds. The van der Waals surface area contributed by atoms with E-state index in [2.05, 4.69) is 5.32 Å². The molecule has 0 spiro atoms. The molecule has 2 heterocycles. The summed E-state index contributed by atoms with van der Waals surface area (Å²) in [4.78, 5) is 42.9. The summed E-state index contributed by atoms with van der Waals surface area (Å²) < 4.78 is 11.0. The highest BCUT2D eigenvalue weighted by atomic mass is 32.2. The van der Waals surface area contributed by atoms with Crippen molar-refractivity contribution < 1.29 is 23.9 Å². The number of nitrogens with one attached hydrogen (secondary N) is 1. The first kappa shape index (κ1) is 24.7. The molecule has 1 N–H and O–H groups in total. The number of thioether (sulfide) groups is 1. The molecule has 0 radical (unpaired) electrons. The van der Waals surface area contributed by atoms with Crippen LogP contribution >= 0.6 is 24.0 Å². The summed E-state index contributed by atoms with van der Waals surface area (Å²) in [6.07, 6.45) is 0. The minimum Gasteiger partial charge on any atom is -0.497 e. The minimum atomic E-state index is -0.412. The maximum Gasteiger partial charge on any atom is 0.267 e. The Bertz CT molecular complexity index is 1260. The van der Waals surface area contributed by atoms with Crippen molar-refractivity contribution in [1.29, 1.82) is 0 Å². The first-order valence-corrected chi connectivity index (χ1v) is 12.2. The zero-order chi connectivity index (χ0) is 25.3. The van der Waals surface area contributed by atoms with E-state index in [-0.39, 0.29) is 23.9 Å². The van der Waals surface area contributed by atoms with Crippen LogP contribution in [0.25, 0.3) is 5.57 Å². The number of rotatable bonds is 7. The number of benzene rings is 2. The van der Waals surface area contributed by atoms with Crippen LogP contribution in [0.4, 0.5) is 11.4 Å². The Labute approximate surface area is 213 Å². The van der Waals surface area contributed by atoms with Crippen molar-refractivity contribution in [3.63, 3.8) is 0 Å². The monoisotopic (exact) mass is 511 g/mol. The molecular formula is C25H25N3O5S2. The van der Waals surface area contributed by atoms with Crippen molar-refractivity contribution in [3.8, 4) is 11.5 Å². The SMILES string of the molecule is COc1ccc(NC(=O)CN2C(=O)C(=C3SC(=S)N(CC(C)C)C3=O)c3ccccc32)c(OC)c1. The van der Waals surface area contributed by atoms with Gasteiger partial charge in [-0.3, -0.25) is 24.2 Å². The summed E-state index contributed by atoms with van der Waals surface area (Å²) in [6, 6.07) is 12.1. The Morgan fingerprint density at radius 2 is 1.80 bits per heavy atom. The first-order chi connectivity index (χ1) is 16.7. The lowest BCUT2D eigenvalue weighted by Gasteiger charge is -2.18. The van der Waals surface area contributed by atoms with Gasteiger partial charge in [0.1, 0.15) is 22.4 Å². The van der Waals surface area contributed by atoms with Crippen LogP contribution in [0.3, 0.4) is 0 Å². The van der Waals surface area contributed by atoms with Crippen LogP contribution in [0, 0.1) is 5.92 Å². The van der Waals surface area contributed by atoms with Crippen LogP contribution in [0.15, 0.2) is 47.4 Å².